The van der Waals surface area contributed by atoms with Crippen LogP contribution in [0.2, 0.25) is 0 Å². The Balaban J connectivity index is 1.42. The first-order valence-electron chi connectivity index (χ1n) is 11.7. The van der Waals surface area contributed by atoms with Gasteiger partial charge in [-0.1, -0.05) is 12.1 Å². The van der Waals surface area contributed by atoms with Gasteiger partial charge in [-0.05, 0) is 55.1 Å². The number of methoxy groups -OCH3 is 2. The number of carbonyl (C=O) groups excluding carboxylic acids is 1. The van der Waals surface area contributed by atoms with Gasteiger partial charge in [0.05, 0.1) is 33.6 Å². The summed E-state index contributed by atoms with van der Waals surface area (Å²) in [5.74, 6) is 3.91. The van der Waals surface area contributed by atoms with Gasteiger partial charge in [-0.15, -0.1) is 0 Å². The standard InChI is InChI=1S/C24H30N6O4/c1-33-20-9-14(13-31)3-4-17(20)12-30-21-19(11-26-30)27-23(29-24(32)34-2)28-22(21)25-10-15-7-18(8-15)16-5-6-16/h3-4,9,11,15-16,18,31H,5-8,10,12-13H2,1-2H3,(H2,25,27,28,29,32). The third-order valence-corrected chi connectivity index (χ3v) is 6.86. The Labute approximate surface area is 197 Å². The van der Waals surface area contributed by atoms with E-state index < -0.39 is 6.09 Å². The van der Waals surface area contributed by atoms with Crippen LogP contribution >= 0.6 is 0 Å². The van der Waals surface area contributed by atoms with E-state index in [4.69, 9.17) is 9.47 Å². The molecule has 10 heteroatoms. The van der Waals surface area contributed by atoms with Crippen molar-refractivity contribution in [1.29, 1.82) is 0 Å². The van der Waals surface area contributed by atoms with Gasteiger partial charge in [0.1, 0.15) is 16.8 Å². The van der Waals surface area contributed by atoms with E-state index >= 15 is 0 Å². The van der Waals surface area contributed by atoms with Gasteiger partial charge in [0, 0.05) is 12.1 Å². The molecule has 2 aliphatic carbocycles. The fourth-order valence-electron chi connectivity index (χ4n) is 4.77. The summed E-state index contributed by atoms with van der Waals surface area (Å²) >= 11 is 0. The summed E-state index contributed by atoms with van der Waals surface area (Å²) in [5.41, 5.74) is 3.06. The lowest BCUT2D eigenvalue weighted by Gasteiger charge is -2.35. The fraction of sp³-hybridized carbons (Fsp3) is 0.500. The monoisotopic (exact) mass is 466 g/mol. The van der Waals surface area contributed by atoms with E-state index in [9.17, 15) is 9.90 Å². The maximum Gasteiger partial charge on any atom is 0.413 e. The molecule has 2 aliphatic rings. The number of aromatic nitrogens is 4. The molecule has 1 aromatic carbocycles. The second kappa shape index (κ2) is 9.46. The molecule has 2 aromatic heterocycles. The molecule has 180 valence electrons. The van der Waals surface area contributed by atoms with E-state index in [1.165, 1.54) is 32.8 Å². The minimum atomic E-state index is -0.627. The molecule has 10 nitrogen and oxygen atoms in total. The van der Waals surface area contributed by atoms with Gasteiger partial charge in [0.2, 0.25) is 5.95 Å². The molecule has 3 N–H and O–H groups in total. The first kappa shape index (κ1) is 22.4. The van der Waals surface area contributed by atoms with Crippen LogP contribution in [0.25, 0.3) is 11.0 Å². The summed E-state index contributed by atoms with van der Waals surface area (Å²) in [6, 6.07) is 5.61. The number of nitrogens with one attached hydrogen (secondary N) is 2. The van der Waals surface area contributed by atoms with Gasteiger partial charge < -0.3 is 19.9 Å². The highest BCUT2D eigenvalue weighted by molar-refractivity contribution is 5.89. The van der Waals surface area contributed by atoms with Gasteiger partial charge in [0.15, 0.2) is 5.82 Å². The van der Waals surface area contributed by atoms with Crippen LogP contribution in [-0.4, -0.2) is 51.7 Å². The Morgan fingerprint density at radius 1 is 1.21 bits per heavy atom. The summed E-state index contributed by atoms with van der Waals surface area (Å²) < 4.78 is 12.0. The first-order valence-corrected chi connectivity index (χ1v) is 11.7. The minimum Gasteiger partial charge on any atom is -0.496 e. The zero-order chi connectivity index (χ0) is 23.7. The van der Waals surface area contributed by atoms with Crippen molar-refractivity contribution < 1.29 is 19.4 Å². The highest BCUT2D eigenvalue weighted by atomic mass is 16.5. The summed E-state index contributed by atoms with van der Waals surface area (Å²) in [6.07, 6.45) is 6.33. The van der Waals surface area contributed by atoms with Crippen molar-refractivity contribution in [2.24, 2.45) is 17.8 Å². The van der Waals surface area contributed by atoms with E-state index in [-0.39, 0.29) is 12.6 Å². The van der Waals surface area contributed by atoms with E-state index in [1.807, 2.05) is 22.9 Å². The molecule has 2 heterocycles. The normalized spacial score (nSPS) is 19.5. The SMILES string of the molecule is COC(=O)Nc1nc(NCC2CC(C3CC3)C2)c2c(cnn2Cc2ccc(CO)cc2OC)n1. The molecule has 0 unspecified atom stereocenters. The topological polar surface area (TPSA) is 123 Å². The highest BCUT2D eigenvalue weighted by Gasteiger charge is 2.40. The van der Waals surface area contributed by atoms with Crippen LogP contribution in [0.1, 0.15) is 36.8 Å². The fourth-order valence-corrected chi connectivity index (χ4v) is 4.77. The lowest BCUT2D eigenvalue weighted by molar-refractivity contribution is 0.179. The summed E-state index contributed by atoms with van der Waals surface area (Å²) in [6.45, 7) is 1.20. The van der Waals surface area contributed by atoms with Crippen molar-refractivity contribution in [3.63, 3.8) is 0 Å². The van der Waals surface area contributed by atoms with Crippen molar-refractivity contribution >= 4 is 28.9 Å². The number of carbonyl (C=O) groups is 1. The van der Waals surface area contributed by atoms with Crippen LogP contribution in [-0.2, 0) is 17.9 Å². The number of hydrogen-bond donors (Lipinski definition) is 3. The van der Waals surface area contributed by atoms with Crippen LogP contribution in [0.5, 0.6) is 5.75 Å². The summed E-state index contributed by atoms with van der Waals surface area (Å²) in [7, 11) is 2.91. The summed E-state index contributed by atoms with van der Waals surface area (Å²) in [5, 5.41) is 20.0. The molecule has 0 saturated heterocycles. The molecule has 2 saturated carbocycles. The largest absolute Gasteiger partial charge is 0.496 e. The van der Waals surface area contributed by atoms with Gasteiger partial charge in [-0.3, -0.25) is 10.00 Å². The second-order valence-electron chi connectivity index (χ2n) is 9.17. The van der Waals surface area contributed by atoms with Crippen LogP contribution in [0.15, 0.2) is 24.4 Å². The molecule has 0 bridgehead atoms. The van der Waals surface area contributed by atoms with Crippen molar-refractivity contribution in [1.82, 2.24) is 19.7 Å². The zero-order valence-corrected chi connectivity index (χ0v) is 19.5. The van der Waals surface area contributed by atoms with Crippen LogP contribution in [0, 0.1) is 17.8 Å². The molecule has 3 aromatic rings. The Morgan fingerprint density at radius 2 is 2.03 bits per heavy atom. The van der Waals surface area contributed by atoms with E-state index in [0.29, 0.717) is 29.5 Å². The molecule has 0 spiro atoms. The summed E-state index contributed by atoms with van der Waals surface area (Å²) in [4.78, 5) is 20.8. The van der Waals surface area contributed by atoms with Crippen LogP contribution in [0.4, 0.5) is 16.6 Å². The van der Waals surface area contributed by atoms with Crippen molar-refractivity contribution in [3.05, 3.63) is 35.5 Å². The lowest BCUT2D eigenvalue weighted by Crippen LogP contribution is -2.31. The number of hydrogen-bond acceptors (Lipinski definition) is 8. The van der Waals surface area contributed by atoms with Crippen LogP contribution < -0.4 is 15.4 Å². The molecule has 1 amide bonds. The quantitative estimate of drug-likeness (QED) is 0.438. The predicted molar refractivity (Wildman–Crippen MR) is 127 cm³/mol. The number of aliphatic hydroxyl groups is 1. The molecular weight excluding hydrogens is 436 g/mol. The number of nitrogens with zero attached hydrogens (tertiary/aromatic N) is 4. The predicted octanol–water partition coefficient (Wildman–Crippen LogP) is 3.40. The second-order valence-corrected chi connectivity index (χ2v) is 9.17. The highest BCUT2D eigenvalue weighted by Crippen LogP contribution is 2.49. The number of amides is 1. The third-order valence-electron chi connectivity index (χ3n) is 6.86. The van der Waals surface area contributed by atoms with Crippen molar-refractivity contribution in [2.45, 2.75) is 38.8 Å². The number of rotatable bonds is 9. The van der Waals surface area contributed by atoms with Crippen molar-refractivity contribution in [3.8, 4) is 5.75 Å². The molecular formula is C24H30N6O4. The third kappa shape index (κ3) is 4.63. The molecule has 0 radical (unpaired) electrons. The Morgan fingerprint density at radius 3 is 2.74 bits per heavy atom. The molecule has 0 atom stereocenters. The first-order chi connectivity index (χ1) is 16.6. The average molecular weight is 467 g/mol. The Bertz CT molecular complexity index is 1190. The maximum absolute atomic E-state index is 11.7. The zero-order valence-electron chi connectivity index (χ0n) is 19.5. The minimum absolute atomic E-state index is 0.0536. The van der Waals surface area contributed by atoms with Gasteiger partial charge in [-0.25, -0.2) is 9.78 Å². The number of aliphatic hydroxyl groups excluding tert-OH is 1. The van der Waals surface area contributed by atoms with Crippen molar-refractivity contribution in [2.75, 3.05) is 31.4 Å². The maximum atomic E-state index is 11.7. The molecule has 5 rings (SSSR count). The molecule has 2 fully saturated rings. The number of ether oxygens (including phenoxy) is 2. The van der Waals surface area contributed by atoms with E-state index in [0.717, 1.165) is 35.0 Å². The van der Waals surface area contributed by atoms with Gasteiger partial charge in [-0.2, -0.15) is 10.1 Å². The number of benzene rings is 1. The number of anilines is 2. The Kier molecular flexibility index (Phi) is 6.23. The van der Waals surface area contributed by atoms with Crippen LogP contribution in [0.3, 0.4) is 0 Å². The Hall–Kier alpha value is -3.40. The molecule has 34 heavy (non-hydrogen) atoms. The van der Waals surface area contributed by atoms with Gasteiger partial charge in [0.25, 0.3) is 0 Å². The van der Waals surface area contributed by atoms with Gasteiger partial charge >= 0.3 is 6.09 Å². The van der Waals surface area contributed by atoms with E-state index in [1.54, 1.807) is 13.3 Å². The average Bonchev–Trinajstić information content (AvgIpc) is 3.58. The lowest BCUT2D eigenvalue weighted by atomic mass is 9.72. The molecule has 0 aliphatic heterocycles. The van der Waals surface area contributed by atoms with E-state index in [2.05, 4.69) is 25.7 Å². The number of fused-ring (bicyclic) bond motifs is 1. The smallest absolute Gasteiger partial charge is 0.413 e.